The largest absolute Gasteiger partial charge is 0.289 e. The van der Waals surface area contributed by atoms with Gasteiger partial charge in [-0.25, -0.2) is 12.7 Å². The molecule has 0 N–H and O–H groups in total. The van der Waals surface area contributed by atoms with Crippen molar-refractivity contribution in [2.24, 2.45) is 0 Å². The minimum absolute atomic E-state index is 0.158. The maximum Gasteiger partial charge on any atom is 0.242 e. The van der Waals surface area contributed by atoms with Gasteiger partial charge in [0.15, 0.2) is 5.78 Å². The van der Waals surface area contributed by atoms with Crippen LogP contribution in [-0.2, 0) is 10.0 Å². The normalized spacial score (nSPS) is 12.0. The number of rotatable bonds is 5. The molecule has 0 unspecified atom stereocenters. The van der Waals surface area contributed by atoms with Crippen molar-refractivity contribution in [1.82, 2.24) is 9.29 Å². The number of pyridine rings is 1. The van der Waals surface area contributed by atoms with Crippen molar-refractivity contribution in [3.05, 3.63) is 65.5 Å². The predicted molar refractivity (Wildman–Crippen MR) is 89.7 cm³/mol. The molecule has 120 valence electrons. The molecule has 0 spiro atoms. The van der Waals surface area contributed by atoms with E-state index in [9.17, 15) is 13.2 Å². The van der Waals surface area contributed by atoms with Gasteiger partial charge in [-0.15, -0.1) is 0 Å². The molecule has 0 fully saturated rings. The quantitative estimate of drug-likeness (QED) is 0.624. The number of benzene rings is 1. The van der Waals surface area contributed by atoms with Crippen molar-refractivity contribution in [3.8, 4) is 0 Å². The molecule has 0 radical (unpaired) electrons. The zero-order chi connectivity index (χ0) is 17.0. The van der Waals surface area contributed by atoms with Crippen molar-refractivity contribution in [3.63, 3.8) is 0 Å². The lowest BCUT2D eigenvalue weighted by atomic mass is 10.1. The molecule has 0 aliphatic rings. The second-order valence-electron chi connectivity index (χ2n) is 5.24. The fourth-order valence-corrected chi connectivity index (χ4v) is 2.82. The molecule has 5 nitrogen and oxygen atoms in total. The van der Waals surface area contributed by atoms with Crippen molar-refractivity contribution < 1.29 is 13.2 Å². The van der Waals surface area contributed by atoms with Crippen LogP contribution in [0.4, 0.5) is 0 Å². The number of aryl methyl sites for hydroxylation is 1. The summed E-state index contributed by atoms with van der Waals surface area (Å²) in [5.74, 6) is -0.193. The van der Waals surface area contributed by atoms with E-state index in [0.717, 1.165) is 15.4 Å². The maximum atomic E-state index is 12.2. The lowest BCUT2D eigenvalue weighted by Crippen LogP contribution is -2.22. The third-order valence-electron chi connectivity index (χ3n) is 3.41. The lowest BCUT2D eigenvalue weighted by molar-refractivity contribution is 0.104. The van der Waals surface area contributed by atoms with Crippen LogP contribution in [0.15, 0.2) is 53.7 Å². The van der Waals surface area contributed by atoms with Gasteiger partial charge >= 0.3 is 0 Å². The fourth-order valence-electron chi connectivity index (χ4n) is 1.91. The number of carbonyl (C=O) groups excluding carboxylic acids is 1. The zero-order valence-electron chi connectivity index (χ0n) is 13.2. The second-order valence-corrected chi connectivity index (χ2v) is 7.39. The maximum absolute atomic E-state index is 12.2. The van der Waals surface area contributed by atoms with Gasteiger partial charge in [0.1, 0.15) is 0 Å². The van der Waals surface area contributed by atoms with Crippen LogP contribution >= 0.6 is 0 Å². The number of aromatic nitrogens is 1. The predicted octanol–water partition coefficient (Wildman–Crippen LogP) is 2.54. The first-order chi connectivity index (χ1) is 10.8. The topological polar surface area (TPSA) is 67.3 Å². The molecule has 0 bridgehead atoms. The Kier molecular flexibility index (Phi) is 5.08. The molecular formula is C17H18N2O3S. The molecule has 1 heterocycles. The van der Waals surface area contributed by atoms with Crippen LogP contribution in [0.5, 0.6) is 0 Å². The van der Waals surface area contributed by atoms with E-state index in [1.165, 1.54) is 44.4 Å². The summed E-state index contributed by atoms with van der Waals surface area (Å²) in [6.45, 7) is 1.94. The van der Waals surface area contributed by atoms with Gasteiger partial charge in [-0.1, -0.05) is 0 Å². The number of allylic oxidation sites excluding steroid dienone is 1. The molecule has 1 aromatic carbocycles. The van der Waals surface area contributed by atoms with Gasteiger partial charge in [0.05, 0.1) is 4.90 Å². The first-order valence-corrected chi connectivity index (χ1v) is 8.42. The van der Waals surface area contributed by atoms with Crippen LogP contribution in [0, 0.1) is 6.92 Å². The lowest BCUT2D eigenvalue weighted by Gasteiger charge is -2.11. The Morgan fingerprint density at radius 3 is 2.35 bits per heavy atom. The molecule has 0 atom stereocenters. The smallest absolute Gasteiger partial charge is 0.242 e. The average Bonchev–Trinajstić information content (AvgIpc) is 2.53. The van der Waals surface area contributed by atoms with E-state index in [0.29, 0.717) is 5.56 Å². The monoisotopic (exact) mass is 330 g/mol. The Labute approximate surface area is 136 Å². The van der Waals surface area contributed by atoms with Gasteiger partial charge < -0.3 is 0 Å². The Hall–Kier alpha value is -2.31. The molecular weight excluding hydrogens is 312 g/mol. The van der Waals surface area contributed by atoms with E-state index in [2.05, 4.69) is 4.98 Å². The number of carbonyl (C=O) groups is 1. The summed E-state index contributed by atoms with van der Waals surface area (Å²) in [6.07, 6.45) is 6.54. The van der Waals surface area contributed by atoms with E-state index in [4.69, 9.17) is 0 Å². The Morgan fingerprint density at radius 2 is 1.78 bits per heavy atom. The highest BCUT2D eigenvalue weighted by molar-refractivity contribution is 7.89. The Morgan fingerprint density at radius 1 is 1.13 bits per heavy atom. The van der Waals surface area contributed by atoms with Gasteiger partial charge in [-0.3, -0.25) is 9.78 Å². The summed E-state index contributed by atoms with van der Waals surface area (Å²) >= 11 is 0. The standard InChI is InChI=1S/C17H18N2O3S/c1-13-10-11-18-12-15(13)6-9-17(20)14-4-7-16(8-5-14)23(21,22)19(2)3/h4-12H,1-3H3/b9-6+. The average molecular weight is 330 g/mol. The van der Waals surface area contributed by atoms with E-state index in [1.807, 2.05) is 13.0 Å². The summed E-state index contributed by atoms with van der Waals surface area (Å²) in [6, 6.07) is 7.76. The molecule has 23 heavy (non-hydrogen) atoms. The van der Waals surface area contributed by atoms with Crippen LogP contribution in [0.2, 0.25) is 0 Å². The van der Waals surface area contributed by atoms with E-state index >= 15 is 0 Å². The second kappa shape index (κ2) is 6.85. The summed E-state index contributed by atoms with van der Waals surface area (Å²) < 4.78 is 25.1. The first kappa shape index (κ1) is 17.1. The number of hydrogen-bond donors (Lipinski definition) is 0. The minimum atomic E-state index is -3.48. The van der Waals surface area contributed by atoms with Gasteiger partial charge in [0.25, 0.3) is 0 Å². The van der Waals surface area contributed by atoms with Crippen molar-refractivity contribution in [2.45, 2.75) is 11.8 Å². The van der Waals surface area contributed by atoms with Crippen molar-refractivity contribution >= 4 is 21.9 Å². The van der Waals surface area contributed by atoms with Crippen molar-refractivity contribution in [1.29, 1.82) is 0 Å². The highest BCUT2D eigenvalue weighted by Crippen LogP contribution is 2.15. The van der Waals surface area contributed by atoms with Crippen LogP contribution in [0.3, 0.4) is 0 Å². The molecule has 0 saturated heterocycles. The van der Waals surface area contributed by atoms with Gasteiger partial charge in [0, 0.05) is 32.1 Å². The molecule has 0 saturated carbocycles. The Balaban J connectivity index is 2.20. The van der Waals surface area contributed by atoms with Crippen LogP contribution in [-0.4, -0.2) is 37.6 Å². The van der Waals surface area contributed by atoms with E-state index in [-0.39, 0.29) is 10.7 Å². The molecule has 6 heteroatoms. The van der Waals surface area contributed by atoms with E-state index < -0.39 is 10.0 Å². The van der Waals surface area contributed by atoms with Crippen molar-refractivity contribution in [2.75, 3.05) is 14.1 Å². The summed E-state index contributed by atoms with van der Waals surface area (Å²) in [7, 11) is -0.553. The fraction of sp³-hybridized carbons (Fsp3) is 0.176. The number of sulfonamides is 1. The highest BCUT2D eigenvalue weighted by Gasteiger charge is 2.17. The number of hydrogen-bond acceptors (Lipinski definition) is 4. The summed E-state index contributed by atoms with van der Waals surface area (Å²) in [5, 5.41) is 0. The minimum Gasteiger partial charge on any atom is -0.289 e. The third-order valence-corrected chi connectivity index (χ3v) is 5.24. The van der Waals surface area contributed by atoms with Crippen LogP contribution in [0.25, 0.3) is 6.08 Å². The highest BCUT2D eigenvalue weighted by atomic mass is 32.2. The summed E-state index contributed by atoms with van der Waals surface area (Å²) in [5.41, 5.74) is 2.32. The van der Waals surface area contributed by atoms with E-state index in [1.54, 1.807) is 18.5 Å². The van der Waals surface area contributed by atoms with Gasteiger partial charge in [-0.2, -0.15) is 0 Å². The first-order valence-electron chi connectivity index (χ1n) is 6.98. The van der Waals surface area contributed by atoms with Gasteiger partial charge in [0.2, 0.25) is 10.0 Å². The molecule has 1 aromatic heterocycles. The van der Waals surface area contributed by atoms with Crippen LogP contribution < -0.4 is 0 Å². The molecule has 0 aliphatic carbocycles. The Bertz CT molecular complexity index is 838. The zero-order valence-corrected chi connectivity index (χ0v) is 14.0. The van der Waals surface area contributed by atoms with Gasteiger partial charge in [-0.05, 0) is 60.5 Å². The molecule has 0 amide bonds. The molecule has 0 aliphatic heterocycles. The third kappa shape index (κ3) is 3.91. The number of ketones is 1. The van der Waals surface area contributed by atoms with Crippen LogP contribution in [0.1, 0.15) is 21.5 Å². The molecule has 2 aromatic rings. The summed E-state index contributed by atoms with van der Waals surface area (Å²) in [4.78, 5) is 16.3. The molecule has 2 rings (SSSR count). The SMILES string of the molecule is Cc1ccncc1/C=C/C(=O)c1ccc(S(=O)(=O)N(C)C)cc1. The number of nitrogens with zero attached hydrogens (tertiary/aromatic N) is 2.